The van der Waals surface area contributed by atoms with Crippen LogP contribution in [-0.4, -0.2) is 31.0 Å². The number of amides is 2. The number of anilines is 1. The average Bonchev–Trinajstić information content (AvgIpc) is 2.42. The number of hydrogen-bond acceptors (Lipinski definition) is 4. The van der Waals surface area contributed by atoms with Crippen molar-refractivity contribution in [2.24, 2.45) is 5.73 Å². The molecule has 1 aromatic carbocycles. The summed E-state index contributed by atoms with van der Waals surface area (Å²) in [6, 6.07) is 5.39. The SMILES string of the molecule is CNC(=O)CN1C(=O)C(C)(C)Oc2cc(CN)ccc21. The van der Waals surface area contributed by atoms with Gasteiger partial charge < -0.3 is 15.8 Å². The highest BCUT2D eigenvalue weighted by Gasteiger charge is 2.41. The van der Waals surface area contributed by atoms with Crippen molar-refractivity contribution >= 4 is 17.5 Å². The summed E-state index contributed by atoms with van der Waals surface area (Å²) in [4.78, 5) is 25.5. The Balaban J connectivity index is 2.46. The Bertz CT molecular complexity index is 555. The van der Waals surface area contributed by atoms with E-state index in [2.05, 4.69) is 5.32 Å². The molecule has 0 fully saturated rings. The van der Waals surface area contributed by atoms with Gasteiger partial charge in [0.25, 0.3) is 5.91 Å². The van der Waals surface area contributed by atoms with E-state index in [1.807, 2.05) is 6.07 Å². The van der Waals surface area contributed by atoms with E-state index >= 15 is 0 Å². The van der Waals surface area contributed by atoms with Crippen LogP contribution in [-0.2, 0) is 16.1 Å². The van der Waals surface area contributed by atoms with Gasteiger partial charge in [0.15, 0.2) is 5.60 Å². The van der Waals surface area contributed by atoms with Crippen LogP contribution in [0.25, 0.3) is 0 Å². The number of carbonyl (C=O) groups is 2. The number of likely N-dealkylation sites (N-methyl/N-ethyl adjacent to an activating group) is 1. The molecule has 2 rings (SSSR count). The number of nitrogens with zero attached hydrogens (tertiary/aromatic N) is 1. The maximum absolute atomic E-state index is 12.4. The zero-order valence-electron chi connectivity index (χ0n) is 11.9. The molecule has 0 aromatic heterocycles. The van der Waals surface area contributed by atoms with Crippen LogP contribution in [0.5, 0.6) is 5.75 Å². The van der Waals surface area contributed by atoms with Crippen molar-refractivity contribution in [3.63, 3.8) is 0 Å². The Labute approximate surface area is 117 Å². The van der Waals surface area contributed by atoms with Crippen LogP contribution in [0.4, 0.5) is 5.69 Å². The summed E-state index contributed by atoms with van der Waals surface area (Å²) in [5.74, 6) is 0.0976. The first-order valence-corrected chi connectivity index (χ1v) is 6.43. The molecular weight excluding hydrogens is 258 g/mol. The highest BCUT2D eigenvalue weighted by Crippen LogP contribution is 2.38. The van der Waals surface area contributed by atoms with Crippen molar-refractivity contribution in [3.8, 4) is 5.75 Å². The summed E-state index contributed by atoms with van der Waals surface area (Å²) in [5, 5.41) is 2.52. The lowest BCUT2D eigenvalue weighted by Crippen LogP contribution is -2.54. The molecule has 0 spiro atoms. The van der Waals surface area contributed by atoms with Gasteiger partial charge in [0, 0.05) is 13.6 Å². The van der Waals surface area contributed by atoms with Gasteiger partial charge in [-0.2, -0.15) is 0 Å². The second-order valence-electron chi connectivity index (χ2n) is 5.18. The lowest BCUT2D eigenvalue weighted by atomic mass is 10.0. The molecule has 0 saturated heterocycles. The fourth-order valence-electron chi connectivity index (χ4n) is 2.12. The molecule has 0 unspecified atom stereocenters. The predicted molar refractivity (Wildman–Crippen MR) is 75.5 cm³/mol. The van der Waals surface area contributed by atoms with Gasteiger partial charge in [-0.25, -0.2) is 0 Å². The molecule has 1 aliphatic heterocycles. The third kappa shape index (κ3) is 2.46. The Morgan fingerprint density at radius 3 is 2.75 bits per heavy atom. The van der Waals surface area contributed by atoms with E-state index in [1.165, 1.54) is 11.9 Å². The van der Waals surface area contributed by atoms with Crippen molar-refractivity contribution in [1.29, 1.82) is 0 Å². The fourth-order valence-corrected chi connectivity index (χ4v) is 2.12. The molecule has 20 heavy (non-hydrogen) atoms. The minimum absolute atomic E-state index is 0.0307. The Morgan fingerprint density at radius 1 is 1.45 bits per heavy atom. The van der Waals surface area contributed by atoms with E-state index in [0.717, 1.165) is 5.56 Å². The summed E-state index contributed by atoms with van der Waals surface area (Å²) in [7, 11) is 1.54. The number of hydrogen-bond donors (Lipinski definition) is 2. The molecule has 108 valence electrons. The summed E-state index contributed by atoms with van der Waals surface area (Å²) >= 11 is 0. The maximum Gasteiger partial charge on any atom is 0.271 e. The van der Waals surface area contributed by atoms with Crippen LogP contribution in [0.15, 0.2) is 18.2 Å². The molecule has 6 heteroatoms. The van der Waals surface area contributed by atoms with E-state index in [-0.39, 0.29) is 18.4 Å². The fraction of sp³-hybridized carbons (Fsp3) is 0.429. The van der Waals surface area contributed by atoms with Gasteiger partial charge >= 0.3 is 0 Å². The lowest BCUT2D eigenvalue weighted by molar-refractivity contribution is -0.134. The molecule has 3 N–H and O–H groups in total. The molecule has 0 radical (unpaired) electrons. The predicted octanol–water partition coefficient (Wildman–Crippen LogP) is 0.395. The van der Waals surface area contributed by atoms with Gasteiger partial charge in [0.05, 0.1) is 5.69 Å². The van der Waals surface area contributed by atoms with Crippen molar-refractivity contribution in [1.82, 2.24) is 5.32 Å². The molecule has 0 aliphatic carbocycles. The van der Waals surface area contributed by atoms with Gasteiger partial charge in [-0.3, -0.25) is 14.5 Å². The second-order valence-corrected chi connectivity index (χ2v) is 5.18. The normalized spacial score (nSPS) is 16.4. The number of nitrogens with two attached hydrogens (primary N) is 1. The number of nitrogens with one attached hydrogen (secondary N) is 1. The van der Waals surface area contributed by atoms with Gasteiger partial charge in [0.2, 0.25) is 5.91 Å². The third-order valence-corrected chi connectivity index (χ3v) is 3.26. The van der Waals surface area contributed by atoms with Crippen LogP contribution in [0.3, 0.4) is 0 Å². The number of ether oxygens (including phenoxy) is 1. The molecule has 0 bridgehead atoms. The molecule has 2 amide bonds. The van der Waals surface area contributed by atoms with Crippen LogP contribution < -0.4 is 20.7 Å². The van der Waals surface area contributed by atoms with Crippen LogP contribution in [0, 0.1) is 0 Å². The minimum Gasteiger partial charge on any atom is -0.476 e. The standard InChI is InChI=1S/C14H19N3O3/c1-14(2)13(19)17(8-12(18)16-3)10-5-4-9(7-15)6-11(10)20-14/h4-6H,7-8,15H2,1-3H3,(H,16,18). The number of benzene rings is 1. The molecule has 6 nitrogen and oxygen atoms in total. The van der Waals surface area contributed by atoms with Gasteiger partial charge in [-0.05, 0) is 31.5 Å². The molecule has 1 aliphatic rings. The minimum atomic E-state index is -1.01. The summed E-state index contributed by atoms with van der Waals surface area (Å²) in [6.45, 7) is 3.73. The molecule has 1 heterocycles. The molecular formula is C14H19N3O3. The first kappa shape index (κ1) is 14.3. The van der Waals surface area contributed by atoms with Crippen molar-refractivity contribution < 1.29 is 14.3 Å². The first-order chi connectivity index (χ1) is 9.39. The Kier molecular flexibility index (Phi) is 3.67. The number of rotatable bonds is 3. The van der Waals surface area contributed by atoms with E-state index in [4.69, 9.17) is 10.5 Å². The summed E-state index contributed by atoms with van der Waals surface area (Å²) in [6.07, 6.45) is 0. The van der Waals surface area contributed by atoms with Crippen molar-refractivity contribution in [2.75, 3.05) is 18.5 Å². The molecule has 1 aromatic rings. The summed E-state index contributed by atoms with van der Waals surface area (Å²) < 4.78 is 5.74. The van der Waals surface area contributed by atoms with Crippen LogP contribution >= 0.6 is 0 Å². The molecule has 0 atom stereocenters. The van der Waals surface area contributed by atoms with E-state index in [0.29, 0.717) is 18.0 Å². The van der Waals surface area contributed by atoms with Crippen LogP contribution in [0.1, 0.15) is 19.4 Å². The number of carbonyl (C=O) groups excluding carboxylic acids is 2. The largest absolute Gasteiger partial charge is 0.476 e. The van der Waals surface area contributed by atoms with E-state index in [9.17, 15) is 9.59 Å². The lowest BCUT2D eigenvalue weighted by Gasteiger charge is -2.38. The van der Waals surface area contributed by atoms with Gasteiger partial charge in [0.1, 0.15) is 12.3 Å². The quantitative estimate of drug-likeness (QED) is 0.837. The van der Waals surface area contributed by atoms with E-state index < -0.39 is 5.60 Å². The zero-order valence-corrected chi connectivity index (χ0v) is 11.9. The zero-order chi connectivity index (χ0) is 14.9. The highest BCUT2D eigenvalue weighted by molar-refractivity contribution is 6.05. The van der Waals surface area contributed by atoms with Gasteiger partial charge in [-0.1, -0.05) is 6.07 Å². The third-order valence-electron chi connectivity index (χ3n) is 3.26. The van der Waals surface area contributed by atoms with Crippen molar-refractivity contribution in [3.05, 3.63) is 23.8 Å². The second kappa shape index (κ2) is 5.13. The maximum atomic E-state index is 12.4. The smallest absolute Gasteiger partial charge is 0.271 e. The van der Waals surface area contributed by atoms with E-state index in [1.54, 1.807) is 26.0 Å². The highest BCUT2D eigenvalue weighted by atomic mass is 16.5. The van der Waals surface area contributed by atoms with Crippen molar-refractivity contribution in [2.45, 2.75) is 26.0 Å². The first-order valence-electron chi connectivity index (χ1n) is 6.43. The number of fused-ring (bicyclic) bond motifs is 1. The monoisotopic (exact) mass is 277 g/mol. The average molecular weight is 277 g/mol. The Hall–Kier alpha value is -2.08. The Morgan fingerprint density at radius 2 is 2.15 bits per heavy atom. The summed E-state index contributed by atoms with van der Waals surface area (Å²) in [5.41, 5.74) is 6.11. The molecule has 0 saturated carbocycles. The van der Waals surface area contributed by atoms with Crippen LogP contribution in [0.2, 0.25) is 0 Å². The van der Waals surface area contributed by atoms with Gasteiger partial charge in [-0.15, -0.1) is 0 Å². The topological polar surface area (TPSA) is 84.7 Å².